The van der Waals surface area contributed by atoms with Crippen molar-refractivity contribution >= 4 is 15.9 Å². The van der Waals surface area contributed by atoms with E-state index in [2.05, 4.69) is 194 Å². The first-order chi connectivity index (χ1) is 23.4. The van der Waals surface area contributed by atoms with Crippen molar-refractivity contribution < 1.29 is 0 Å². The quantitative estimate of drug-likeness (QED) is 0.164. The van der Waals surface area contributed by atoms with E-state index in [0.29, 0.717) is 0 Å². The molecule has 0 saturated heterocycles. The van der Waals surface area contributed by atoms with E-state index >= 15 is 0 Å². The van der Waals surface area contributed by atoms with Gasteiger partial charge in [0, 0.05) is 10.0 Å². The summed E-state index contributed by atoms with van der Waals surface area (Å²) in [5.74, 6) is 0. The van der Waals surface area contributed by atoms with Gasteiger partial charge in [-0.1, -0.05) is 167 Å². The van der Waals surface area contributed by atoms with Crippen molar-refractivity contribution in [3.8, 4) is 33.4 Å². The fourth-order valence-electron chi connectivity index (χ4n) is 7.75. The lowest BCUT2D eigenvalue weighted by Crippen LogP contribution is -2.28. The largest absolute Gasteiger partial charge is 0.0714 e. The average molecular weight is 682 g/mol. The van der Waals surface area contributed by atoms with Crippen LogP contribution in [0.15, 0.2) is 162 Å². The number of aryl methyl sites for hydroxylation is 3. The number of benzene rings is 7. The minimum absolute atomic E-state index is 0.457. The maximum absolute atomic E-state index is 3.97. The second-order valence-corrected chi connectivity index (χ2v) is 14.1. The summed E-state index contributed by atoms with van der Waals surface area (Å²) in [6.45, 7) is 6.57. The van der Waals surface area contributed by atoms with E-state index < -0.39 is 5.41 Å². The first-order valence-electron chi connectivity index (χ1n) is 16.7. The predicted octanol–water partition coefficient (Wildman–Crippen LogP) is 12.7. The van der Waals surface area contributed by atoms with Crippen LogP contribution in [-0.2, 0) is 11.8 Å². The summed E-state index contributed by atoms with van der Waals surface area (Å²) in [4.78, 5) is 0. The van der Waals surface area contributed by atoms with Gasteiger partial charge in [0.05, 0.1) is 5.41 Å². The molecule has 0 fully saturated rings. The van der Waals surface area contributed by atoms with Crippen LogP contribution in [0.1, 0.15) is 50.1 Å². The summed E-state index contributed by atoms with van der Waals surface area (Å²) in [5, 5.41) is 0. The summed E-state index contributed by atoms with van der Waals surface area (Å²) in [6.07, 6.45) is 0.905. The minimum atomic E-state index is -0.457. The molecule has 8 rings (SSSR count). The van der Waals surface area contributed by atoms with E-state index in [0.717, 1.165) is 10.9 Å². The molecule has 1 aliphatic rings. The zero-order valence-corrected chi connectivity index (χ0v) is 29.2. The van der Waals surface area contributed by atoms with E-state index in [4.69, 9.17) is 0 Å². The fourth-order valence-corrected chi connectivity index (χ4v) is 8.33. The molecule has 0 bridgehead atoms. The molecule has 1 heteroatoms. The Morgan fingerprint density at radius 1 is 0.479 bits per heavy atom. The van der Waals surface area contributed by atoms with Crippen LogP contribution in [0.4, 0.5) is 0 Å². The van der Waals surface area contributed by atoms with Gasteiger partial charge in [-0.3, -0.25) is 0 Å². The zero-order chi connectivity index (χ0) is 32.8. The second-order valence-electron chi connectivity index (χ2n) is 13.3. The van der Waals surface area contributed by atoms with E-state index in [-0.39, 0.29) is 0 Å². The second kappa shape index (κ2) is 12.2. The Balaban J connectivity index is 1.34. The molecule has 0 aromatic heterocycles. The highest BCUT2D eigenvalue weighted by atomic mass is 79.9. The van der Waals surface area contributed by atoms with Gasteiger partial charge in [0.1, 0.15) is 0 Å². The molecular formula is C47H37Br. The maximum atomic E-state index is 3.97. The lowest BCUT2D eigenvalue weighted by Gasteiger charge is -2.34. The summed E-state index contributed by atoms with van der Waals surface area (Å²) >= 11 is 3.97. The van der Waals surface area contributed by atoms with Crippen molar-refractivity contribution in [2.45, 2.75) is 32.6 Å². The van der Waals surface area contributed by atoms with E-state index in [1.54, 1.807) is 0 Å². The van der Waals surface area contributed by atoms with Gasteiger partial charge in [0.2, 0.25) is 0 Å². The highest BCUT2D eigenvalue weighted by Crippen LogP contribution is 2.58. The Bertz CT molecular complexity index is 2230. The molecule has 7 aromatic rings. The van der Waals surface area contributed by atoms with Gasteiger partial charge in [-0.15, -0.1) is 0 Å². The van der Waals surface area contributed by atoms with Crippen molar-refractivity contribution in [3.63, 3.8) is 0 Å². The van der Waals surface area contributed by atoms with Crippen molar-refractivity contribution in [3.05, 3.63) is 212 Å². The third-order valence-electron chi connectivity index (χ3n) is 10.2. The molecule has 0 saturated carbocycles. The van der Waals surface area contributed by atoms with Crippen molar-refractivity contribution in [2.75, 3.05) is 0 Å². The summed E-state index contributed by atoms with van der Waals surface area (Å²) in [6, 6.07) is 58.8. The SMILES string of the molecule is Cc1ccc(C2(c3ccc(C)cc3)c3cc(-c4ccc(C)c(-c5ccccc5Cc5ccccc5)c4)ccc3-c3c(Br)cccc32)cc1. The molecule has 48 heavy (non-hydrogen) atoms. The predicted molar refractivity (Wildman–Crippen MR) is 206 cm³/mol. The highest BCUT2D eigenvalue weighted by Gasteiger charge is 2.47. The van der Waals surface area contributed by atoms with Crippen LogP contribution in [0.2, 0.25) is 0 Å². The number of rotatable bonds is 6. The summed E-state index contributed by atoms with van der Waals surface area (Å²) < 4.78 is 1.13. The molecule has 0 spiro atoms. The molecule has 0 radical (unpaired) electrons. The van der Waals surface area contributed by atoms with Crippen LogP contribution in [0.5, 0.6) is 0 Å². The van der Waals surface area contributed by atoms with Gasteiger partial charge in [-0.05, 0) is 112 Å². The highest BCUT2D eigenvalue weighted by molar-refractivity contribution is 9.10. The van der Waals surface area contributed by atoms with Crippen LogP contribution < -0.4 is 0 Å². The maximum Gasteiger partial charge on any atom is 0.0714 e. The fraction of sp³-hybridized carbons (Fsp3) is 0.106. The van der Waals surface area contributed by atoms with Gasteiger partial charge in [0.15, 0.2) is 0 Å². The van der Waals surface area contributed by atoms with Gasteiger partial charge < -0.3 is 0 Å². The third kappa shape index (κ3) is 5.05. The van der Waals surface area contributed by atoms with Gasteiger partial charge in [-0.25, -0.2) is 0 Å². The van der Waals surface area contributed by atoms with Crippen molar-refractivity contribution in [1.82, 2.24) is 0 Å². The molecule has 0 aliphatic heterocycles. The Labute approximate surface area is 292 Å². The van der Waals surface area contributed by atoms with Crippen molar-refractivity contribution in [2.24, 2.45) is 0 Å². The smallest absolute Gasteiger partial charge is 0.0622 e. The topological polar surface area (TPSA) is 0 Å². The molecule has 7 aromatic carbocycles. The monoisotopic (exact) mass is 680 g/mol. The Morgan fingerprint density at radius 2 is 1.10 bits per heavy atom. The van der Waals surface area contributed by atoms with E-state index in [1.807, 2.05) is 0 Å². The summed E-state index contributed by atoms with van der Waals surface area (Å²) in [7, 11) is 0. The van der Waals surface area contributed by atoms with E-state index in [9.17, 15) is 0 Å². The average Bonchev–Trinajstić information content (AvgIpc) is 3.41. The van der Waals surface area contributed by atoms with Gasteiger partial charge in [-0.2, -0.15) is 0 Å². The van der Waals surface area contributed by atoms with E-state index in [1.165, 1.54) is 83.5 Å². The zero-order valence-electron chi connectivity index (χ0n) is 27.6. The first kappa shape index (κ1) is 30.4. The number of hydrogen-bond donors (Lipinski definition) is 0. The van der Waals surface area contributed by atoms with Crippen LogP contribution in [-0.4, -0.2) is 0 Å². The van der Waals surface area contributed by atoms with Gasteiger partial charge >= 0.3 is 0 Å². The minimum Gasteiger partial charge on any atom is -0.0622 e. The molecule has 1 aliphatic carbocycles. The summed E-state index contributed by atoms with van der Waals surface area (Å²) in [5.41, 5.74) is 18.8. The molecule has 0 amide bonds. The molecule has 0 nitrogen and oxygen atoms in total. The lowest BCUT2D eigenvalue weighted by molar-refractivity contribution is 0.767. The van der Waals surface area contributed by atoms with Crippen LogP contribution in [0, 0.1) is 20.8 Å². The lowest BCUT2D eigenvalue weighted by atomic mass is 9.67. The van der Waals surface area contributed by atoms with Crippen LogP contribution >= 0.6 is 15.9 Å². The Morgan fingerprint density at radius 3 is 1.81 bits per heavy atom. The van der Waals surface area contributed by atoms with Crippen LogP contribution in [0.3, 0.4) is 0 Å². The Hall–Kier alpha value is -4.98. The number of halogens is 1. The van der Waals surface area contributed by atoms with Crippen molar-refractivity contribution in [1.29, 1.82) is 0 Å². The first-order valence-corrected chi connectivity index (χ1v) is 17.5. The normalized spacial score (nSPS) is 12.8. The molecule has 0 heterocycles. The molecule has 232 valence electrons. The molecule has 0 N–H and O–H groups in total. The molecule has 0 unspecified atom stereocenters. The standard InChI is InChI=1S/C47H37Br/c1-31-16-23-38(24-17-31)47(39-25-18-32(2)19-26-39)43-14-9-15-45(48)46(43)41-27-22-36(30-44(41)47)35-21-20-33(3)42(29-35)40-13-8-7-12-37(40)28-34-10-5-4-6-11-34/h4-27,29-30H,28H2,1-3H3. The molecular weight excluding hydrogens is 644 g/mol. The third-order valence-corrected chi connectivity index (χ3v) is 10.9. The van der Waals surface area contributed by atoms with Gasteiger partial charge in [0.25, 0.3) is 0 Å². The van der Waals surface area contributed by atoms with Crippen LogP contribution in [0.25, 0.3) is 33.4 Å². The molecule has 0 atom stereocenters. The Kier molecular flexibility index (Phi) is 7.74. The number of hydrogen-bond acceptors (Lipinski definition) is 0. The number of fused-ring (bicyclic) bond motifs is 3.